The monoisotopic (exact) mass is 1450 g/mol. The lowest BCUT2D eigenvalue weighted by atomic mass is 9.80. The fraction of sp³-hybridized carbons (Fsp3) is 0.381. The summed E-state index contributed by atoms with van der Waals surface area (Å²) in [7, 11) is -0.873. The molecule has 0 radical (unpaired) electrons. The molecule has 0 aromatic heterocycles. The molecule has 20 nitrogen and oxygen atoms in total. The van der Waals surface area contributed by atoms with Crippen molar-refractivity contribution in [3.05, 3.63) is 258 Å². The summed E-state index contributed by atoms with van der Waals surface area (Å²) in [6.07, 6.45) is -1.64. The standard InChI is InChI=1S/C84H104N6O14Si/c1-14-52-100-78(95)70(55-61-37-24-17-25-38-61)86-76(93)73(89-81(98)103-84(64-41-28-19-29-42-64,65-43-30-20-31-44-65)66-45-32-21-33-46-66)59(4)101-79(96)72(58(3)15-2)88-75(92)71(56-62-48-50-67(51-49-62)104-105(12,13)83(8,9)10)90(11)77(94)69(54-60-35-22-16-23-36-60)85-74(91)68(87-80(97)102-82(5,6)7)47-34-53-99-57-63-39-26-18-27-40-63/h14,16-33,35-46,48-51,58-59,68-73H,1,15,34,47,52-57H2,2-13H3,(H,85,91)(H,86,93)(H,87,97)(H,88,92)(H,89,98)/t58-,59+,68-,69-,70-,71-,72-,73-/m0/s1. The van der Waals surface area contributed by atoms with Crippen LogP contribution in [0.5, 0.6) is 5.75 Å². The van der Waals surface area contributed by atoms with E-state index in [9.17, 15) is 14.4 Å². The molecular weight excluding hydrogens is 1350 g/mol. The Morgan fingerprint density at radius 1 is 0.514 bits per heavy atom. The second kappa shape index (κ2) is 38.9. The number of hydrogen-bond acceptors (Lipinski definition) is 14. The van der Waals surface area contributed by atoms with Crippen molar-refractivity contribution in [3.8, 4) is 5.75 Å². The van der Waals surface area contributed by atoms with Crippen LogP contribution in [0.1, 0.15) is 121 Å². The van der Waals surface area contributed by atoms with Crippen LogP contribution in [0.25, 0.3) is 0 Å². The van der Waals surface area contributed by atoms with Crippen LogP contribution in [0.3, 0.4) is 0 Å². The highest BCUT2D eigenvalue weighted by molar-refractivity contribution is 6.74. The van der Waals surface area contributed by atoms with Gasteiger partial charge in [0.25, 0.3) is 0 Å². The van der Waals surface area contributed by atoms with Gasteiger partial charge in [-0.2, -0.15) is 0 Å². The normalized spacial score (nSPS) is 13.9. The molecule has 6 amide bonds. The SMILES string of the molecule is C=CCOC(=O)[C@H](Cc1ccccc1)NC(=O)[C@@H](NC(=O)OC(c1ccccc1)(c1ccccc1)c1ccccc1)[C@@H](C)OC(=O)[C@@H](NC(=O)[C@H](Cc1ccc(O[Si](C)(C)C(C)(C)C)cc1)N(C)C(=O)[C@H](Cc1ccccc1)NC(=O)[C@H](CCCOCc1ccccc1)NC(=O)OC(C)(C)C)[C@@H](C)CC. The summed E-state index contributed by atoms with van der Waals surface area (Å²) in [6, 6.07) is 53.4. The third-order valence-corrected chi connectivity index (χ3v) is 22.9. The molecule has 7 aromatic rings. The highest BCUT2D eigenvalue weighted by atomic mass is 28.4. The van der Waals surface area contributed by atoms with Crippen molar-refractivity contribution in [2.75, 3.05) is 20.3 Å². The molecule has 0 saturated heterocycles. The van der Waals surface area contributed by atoms with E-state index in [1.165, 1.54) is 24.9 Å². The predicted molar refractivity (Wildman–Crippen MR) is 408 cm³/mol. The van der Waals surface area contributed by atoms with Gasteiger partial charge in [0.2, 0.25) is 31.9 Å². The van der Waals surface area contributed by atoms with E-state index in [2.05, 4.69) is 67.0 Å². The minimum Gasteiger partial charge on any atom is -0.544 e. The summed E-state index contributed by atoms with van der Waals surface area (Å²) in [5, 5.41) is 14.0. The van der Waals surface area contributed by atoms with Crippen LogP contribution in [0.15, 0.2) is 219 Å². The molecule has 7 aromatic carbocycles. The summed E-state index contributed by atoms with van der Waals surface area (Å²) in [5.74, 6) is -5.02. The number of nitrogens with one attached hydrogen (secondary N) is 5. The topological polar surface area (TPSA) is 255 Å². The maximum absolute atomic E-state index is 15.7. The molecule has 0 aliphatic carbocycles. The number of amides is 6. The highest BCUT2D eigenvalue weighted by Crippen LogP contribution is 2.41. The Balaban J connectivity index is 1.25. The average molecular weight is 1450 g/mol. The summed E-state index contributed by atoms with van der Waals surface area (Å²) < 4.78 is 36.7. The Hall–Kier alpha value is -10.4. The molecule has 558 valence electrons. The largest absolute Gasteiger partial charge is 0.544 e. The van der Waals surface area contributed by atoms with Crippen LogP contribution in [0, 0.1) is 5.92 Å². The van der Waals surface area contributed by atoms with E-state index in [4.69, 9.17) is 28.1 Å². The van der Waals surface area contributed by atoms with Gasteiger partial charge in [-0.05, 0) is 99.0 Å². The van der Waals surface area contributed by atoms with Gasteiger partial charge in [0, 0.05) is 49.6 Å². The smallest absolute Gasteiger partial charge is 0.409 e. The van der Waals surface area contributed by atoms with Crippen molar-refractivity contribution in [1.29, 1.82) is 0 Å². The molecule has 0 aliphatic rings. The van der Waals surface area contributed by atoms with Crippen molar-refractivity contribution in [3.63, 3.8) is 0 Å². The zero-order valence-electron chi connectivity index (χ0n) is 62.6. The number of hydrogen-bond donors (Lipinski definition) is 5. The average Bonchev–Trinajstić information content (AvgIpc) is 0.752. The van der Waals surface area contributed by atoms with Crippen LogP contribution >= 0.6 is 0 Å². The van der Waals surface area contributed by atoms with Gasteiger partial charge in [0.1, 0.15) is 60.3 Å². The molecule has 0 unspecified atom stereocenters. The summed E-state index contributed by atoms with van der Waals surface area (Å²) in [6.45, 7) is 24.7. The predicted octanol–water partition coefficient (Wildman–Crippen LogP) is 13.1. The quantitative estimate of drug-likeness (QED) is 0.00612. The maximum Gasteiger partial charge on any atom is 0.409 e. The van der Waals surface area contributed by atoms with Gasteiger partial charge in [0.05, 0.1) is 6.61 Å². The molecule has 0 spiro atoms. The number of benzene rings is 7. The third-order valence-electron chi connectivity index (χ3n) is 18.6. The number of alkyl carbamates (subject to hydrolysis) is 2. The van der Waals surface area contributed by atoms with Crippen LogP contribution in [0.4, 0.5) is 9.59 Å². The molecule has 0 aliphatic heterocycles. The summed E-state index contributed by atoms with van der Waals surface area (Å²) >= 11 is 0. The number of carbonyl (C=O) groups is 8. The first-order chi connectivity index (χ1) is 50.0. The van der Waals surface area contributed by atoms with Crippen molar-refractivity contribution >= 4 is 56.1 Å². The van der Waals surface area contributed by atoms with Crippen molar-refractivity contribution in [2.24, 2.45) is 5.92 Å². The lowest BCUT2D eigenvalue weighted by molar-refractivity contribution is -0.157. The van der Waals surface area contributed by atoms with Crippen molar-refractivity contribution in [1.82, 2.24) is 31.5 Å². The zero-order chi connectivity index (χ0) is 76.3. The van der Waals surface area contributed by atoms with E-state index in [0.717, 1.165) is 5.56 Å². The minimum atomic E-state index is -2.32. The van der Waals surface area contributed by atoms with Gasteiger partial charge < -0.3 is 59.6 Å². The van der Waals surface area contributed by atoms with Crippen LogP contribution in [0.2, 0.25) is 18.1 Å². The van der Waals surface area contributed by atoms with Gasteiger partial charge >= 0.3 is 24.1 Å². The highest BCUT2D eigenvalue weighted by Gasteiger charge is 2.45. The summed E-state index contributed by atoms with van der Waals surface area (Å²) in [5.41, 5.74) is 2.01. The molecule has 0 fully saturated rings. The van der Waals surface area contributed by atoms with E-state index < -0.39 is 116 Å². The van der Waals surface area contributed by atoms with Gasteiger partial charge in [-0.1, -0.05) is 248 Å². The lowest BCUT2D eigenvalue weighted by Gasteiger charge is -2.36. The van der Waals surface area contributed by atoms with Crippen LogP contribution in [-0.4, -0.2) is 129 Å². The second-order valence-electron chi connectivity index (χ2n) is 28.8. The maximum atomic E-state index is 15.7. The molecule has 5 N–H and O–H groups in total. The molecule has 21 heteroatoms. The Morgan fingerprint density at radius 3 is 1.47 bits per heavy atom. The number of esters is 2. The first kappa shape index (κ1) is 81.9. The van der Waals surface area contributed by atoms with Crippen molar-refractivity contribution < 1.29 is 66.5 Å². The second-order valence-corrected chi connectivity index (χ2v) is 33.5. The van der Waals surface area contributed by atoms with E-state index in [-0.39, 0.29) is 43.9 Å². The number of likely N-dealkylation sites (N-methyl/N-ethyl adjacent to an activating group) is 1. The van der Waals surface area contributed by atoms with E-state index in [0.29, 0.717) is 58.6 Å². The molecular formula is C84H104N6O14Si. The molecule has 0 bridgehead atoms. The fourth-order valence-electron chi connectivity index (χ4n) is 11.5. The van der Waals surface area contributed by atoms with Gasteiger partial charge in [-0.3, -0.25) is 19.2 Å². The molecule has 0 heterocycles. The molecule has 7 rings (SSSR count). The number of carbonyl (C=O) groups excluding carboxylic acids is 8. The first-order valence-corrected chi connectivity index (χ1v) is 38.7. The summed E-state index contributed by atoms with van der Waals surface area (Å²) in [4.78, 5) is 121. The third kappa shape index (κ3) is 24.4. The number of nitrogens with zero attached hydrogens (tertiary/aromatic N) is 1. The Kier molecular flexibility index (Phi) is 30.4. The Bertz CT molecular complexity index is 3840. The fourth-order valence-corrected chi connectivity index (χ4v) is 12.6. The molecule has 8 atom stereocenters. The van der Waals surface area contributed by atoms with Gasteiger partial charge in [-0.15, -0.1) is 0 Å². The number of rotatable bonds is 36. The van der Waals surface area contributed by atoms with Gasteiger partial charge in [-0.25, -0.2) is 19.2 Å². The van der Waals surface area contributed by atoms with Crippen molar-refractivity contribution in [2.45, 2.75) is 179 Å². The van der Waals surface area contributed by atoms with E-state index in [1.807, 2.05) is 146 Å². The zero-order valence-corrected chi connectivity index (χ0v) is 63.6. The minimum absolute atomic E-state index is 0.0426. The van der Waals surface area contributed by atoms with Gasteiger partial charge in [0.15, 0.2) is 5.60 Å². The first-order valence-electron chi connectivity index (χ1n) is 35.8. The Morgan fingerprint density at radius 2 is 0.981 bits per heavy atom. The van der Waals surface area contributed by atoms with Crippen LogP contribution in [-0.2, 0) is 83.9 Å². The van der Waals surface area contributed by atoms with Crippen LogP contribution < -0.4 is 31.0 Å². The Labute approximate surface area is 619 Å². The lowest BCUT2D eigenvalue weighted by Crippen LogP contribution is -2.60. The molecule has 0 saturated carbocycles. The number of ether oxygens (including phenoxy) is 5. The van der Waals surface area contributed by atoms with E-state index >= 15 is 24.0 Å². The van der Waals surface area contributed by atoms with E-state index in [1.54, 1.807) is 94.4 Å². The molecule has 105 heavy (non-hydrogen) atoms.